The van der Waals surface area contributed by atoms with Crippen molar-refractivity contribution in [1.82, 2.24) is 0 Å². The van der Waals surface area contributed by atoms with E-state index in [1.54, 1.807) is 7.11 Å². The third kappa shape index (κ3) is 1.96. The minimum atomic E-state index is 0.442. The van der Waals surface area contributed by atoms with Gasteiger partial charge in [-0.3, -0.25) is 4.79 Å². The second-order valence-electron chi connectivity index (χ2n) is 2.85. The van der Waals surface area contributed by atoms with Crippen LogP contribution in [-0.4, -0.2) is 13.4 Å². The molecular weight excluding hydrogens is 164 g/mol. The van der Waals surface area contributed by atoms with Crippen molar-refractivity contribution in [2.24, 2.45) is 0 Å². The number of allylic oxidation sites excluding steroid dienone is 1. The van der Waals surface area contributed by atoms with Crippen molar-refractivity contribution in [3.8, 4) is 5.75 Å². The van der Waals surface area contributed by atoms with Crippen molar-refractivity contribution in [3.05, 3.63) is 35.9 Å². The molecule has 1 aromatic rings. The summed E-state index contributed by atoms with van der Waals surface area (Å²) < 4.78 is 5.13. The smallest absolute Gasteiger partial charge is 0.150 e. The number of rotatable bonds is 3. The average molecular weight is 176 g/mol. The van der Waals surface area contributed by atoms with E-state index in [0.717, 1.165) is 17.4 Å². The van der Waals surface area contributed by atoms with Crippen molar-refractivity contribution >= 4 is 11.9 Å². The van der Waals surface area contributed by atoms with Crippen molar-refractivity contribution in [1.29, 1.82) is 0 Å². The van der Waals surface area contributed by atoms with Gasteiger partial charge in [-0.2, -0.15) is 0 Å². The Balaban J connectivity index is 3.20. The molecule has 0 heterocycles. The SMILES string of the molecule is C=C(C=O)c1ccc(C)cc1OC. The summed E-state index contributed by atoms with van der Waals surface area (Å²) in [5.74, 6) is 0.692. The van der Waals surface area contributed by atoms with Gasteiger partial charge in [0.15, 0.2) is 0 Å². The average Bonchev–Trinajstić information content (AvgIpc) is 2.16. The minimum Gasteiger partial charge on any atom is -0.496 e. The molecule has 0 saturated carbocycles. The molecule has 2 nitrogen and oxygen atoms in total. The van der Waals surface area contributed by atoms with Gasteiger partial charge < -0.3 is 4.74 Å². The highest BCUT2D eigenvalue weighted by Crippen LogP contribution is 2.24. The molecule has 0 amide bonds. The second-order valence-corrected chi connectivity index (χ2v) is 2.85. The molecule has 0 aliphatic carbocycles. The minimum absolute atomic E-state index is 0.442. The van der Waals surface area contributed by atoms with Crippen LogP contribution in [0.3, 0.4) is 0 Å². The van der Waals surface area contributed by atoms with Gasteiger partial charge in [0.2, 0.25) is 0 Å². The highest BCUT2D eigenvalue weighted by molar-refractivity contribution is 6.06. The van der Waals surface area contributed by atoms with Gasteiger partial charge in [-0.25, -0.2) is 0 Å². The van der Waals surface area contributed by atoms with Crippen LogP contribution < -0.4 is 4.74 Å². The summed E-state index contributed by atoms with van der Waals surface area (Å²) in [6, 6.07) is 5.64. The topological polar surface area (TPSA) is 26.3 Å². The lowest BCUT2D eigenvalue weighted by Crippen LogP contribution is -1.92. The monoisotopic (exact) mass is 176 g/mol. The molecule has 1 aromatic carbocycles. The number of ether oxygens (including phenoxy) is 1. The van der Waals surface area contributed by atoms with Gasteiger partial charge in [-0.05, 0) is 18.6 Å². The Hall–Kier alpha value is -1.57. The largest absolute Gasteiger partial charge is 0.496 e. The number of aldehydes is 1. The predicted molar refractivity (Wildman–Crippen MR) is 52.8 cm³/mol. The number of hydrogen-bond donors (Lipinski definition) is 0. The van der Waals surface area contributed by atoms with Crippen molar-refractivity contribution in [3.63, 3.8) is 0 Å². The zero-order valence-corrected chi connectivity index (χ0v) is 7.83. The predicted octanol–water partition coefficient (Wildman–Crippen LogP) is 2.22. The number of benzene rings is 1. The van der Waals surface area contributed by atoms with E-state index in [0.29, 0.717) is 11.3 Å². The van der Waals surface area contributed by atoms with Crippen molar-refractivity contribution in [2.75, 3.05) is 7.11 Å². The standard InChI is InChI=1S/C11H12O2/c1-8-4-5-10(9(2)7-12)11(6-8)13-3/h4-7H,2H2,1,3H3. The fraction of sp³-hybridized carbons (Fsp3) is 0.182. The normalized spacial score (nSPS) is 9.38. The third-order valence-corrected chi connectivity index (χ3v) is 1.85. The summed E-state index contributed by atoms with van der Waals surface area (Å²) >= 11 is 0. The molecule has 0 bridgehead atoms. The molecule has 0 radical (unpaired) electrons. The summed E-state index contributed by atoms with van der Waals surface area (Å²) in [5, 5.41) is 0. The van der Waals surface area contributed by atoms with Crippen LogP contribution in [0.4, 0.5) is 0 Å². The first kappa shape index (κ1) is 9.52. The summed E-state index contributed by atoms with van der Waals surface area (Å²) in [4.78, 5) is 10.5. The number of carbonyl (C=O) groups is 1. The van der Waals surface area contributed by atoms with Crippen molar-refractivity contribution < 1.29 is 9.53 Å². The Labute approximate surface area is 77.8 Å². The molecule has 0 aliphatic heterocycles. The van der Waals surface area contributed by atoms with E-state index in [2.05, 4.69) is 6.58 Å². The molecule has 0 aromatic heterocycles. The zero-order valence-electron chi connectivity index (χ0n) is 7.83. The summed E-state index contributed by atoms with van der Waals surface area (Å²) in [7, 11) is 1.58. The highest BCUT2D eigenvalue weighted by atomic mass is 16.5. The van der Waals surface area contributed by atoms with Gasteiger partial charge in [-0.15, -0.1) is 0 Å². The Morgan fingerprint density at radius 2 is 2.23 bits per heavy atom. The number of hydrogen-bond acceptors (Lipinski definition) is 2. The first-order valence-electron chi connectivity index (χ1n) is 3.98. The maximum Gasteiger partial charge on any atom is 0.150 e. The summed E-state index contributed by atoms with van der Waals surface area (Å²) in [6.07, 6.45) is 0.729. The van der Waals surface area contributed by atoms with E-state index in [4.69, 9.17) is 4.74 Å². The number of carbonyl (C=O) groups excluding carboxylic acids is 1. The van der Waals surface area contributed by atoms with Gasteiger partial charge in [-0.1, -0.05) is 18.7 Å². The molecule has 0 unspecified atom stereocenters. The van der Waals surface area contributed by atoms with E-state index in [1.165, 1.54) is 0 Å². The zero-order chi connectivity index (χ0) is 9.84. The summed E-state index contributed by atoms with van der Waals surface area (Å²) in [6.45, 7) is 5.60. The van der Waals surface area contributed by atoms with Gasteiger partial charge in [0, 0.05) is 11.1 Å². The first-order chi connectivity index (χ1) is 6.19. The van der Waals surface area contributed by atoms with E-state index in [9.17, 15) is 4.79 Å². The van der Waals surface area contributed by atoms with Crippen LogP contribution in [0.5, 0.6) is 5.75 Å². The lowest BCUT2D eigenvalue weighted by atomic mass is 10.1. The summed E-state index contributed by atoms with van der Waals surface area (Å²) in [5.41, 5.74) is 2.29. The van der Waals surface area contributed by atoms with Crippen LogP contribution in [0.2, 0.25) is 0 Å². The number of methoxy groups -OCH3 is 1. The highest BCUT2D eigenvalue weighted by Gasteiger charge is 2.05. The molecule has 68 valence electrons. The third-order valence-electron chi connectivity index (χ3n) is 1.85. The van der Waals surface area contributed by atoms with Gasteiger partial charge in [0.05, 0.1) is 7.11 Å². The van der Waals surface area contributed by atoms with Crippen LogP contribution in [0.25, 0.3) is 5.57 Å². The maximum atomic E-state index is 10.5. The molecular formula is C11H12O2. The van der Waals surface area contributed by atoms with Crippen LogP contribution in [0, 0.1) is 6.92 Å². The maximum absolute atomic E-state index is 10.5. The van der Waals surface area contributed by atoms with Gasteiger partial charge >= 0.3 is 0 Å². The van der Waals surface area contributed by atoms with E-state index < -0.39 is 0 Å². The molecule has 0 fully saturated rings. The first-order valence-corrected chi connectivity index (χ1v) is 3.98. The van der Waals surface area contributed by atoms with Gasteiger partial charge in [0.1, 0.15) is 12.0 Å². The van der Waals surface area contributed by atoms with E-state index in [1.807, 2.05) is 25.1 Å². The van der Waals surface area contributed by atoms with Crippen LogP contribution >= 0.6 is 0 Å². The quantitative estimate of drug-likeness (QED) is 0.521. The molecule has 0 aliphatic rings. The lowest BCUT2D eigenvalue weighted by molar-refractivity contribution is -0.103. The lowest BCUT2D eigenvalue weighted by Gasteiger charge is -2.07. The van der Waals surface area contributed by atoms with Crippen LogP contribution in [0.15, 0.2) is 24.8 Å². The molecule has 0 saturated heterocycles. The molecule has 1 rings (SSSR count). The van der Waals surface area contributed by atoms with Crippen molar-refractivity contribution in [2.45, 2.75) is 6.92 Å². The van der Waals surface area contributed by atoms with E-state index in [-0.39, 0.29) is 0 Å². The molecule has 2 heteroatoms. The van der Waals surface area contributed by atoms with Crippen LogP contribution in [0.1, 0.15) is 11.1 Å². The van der Waals surface area contributed by atoms with Crippen LogP contribution in [-0.2, 0) is 4.79 Å². The van der Waals surface area contributed by atoms with Gasteiger partial charge in [0.25, 0.3) is 0 Å². The fourth-order valence-corrected chi connectivity index (χ4v) is 1.13. The fourth-order valence-electron chi connectivity index (χ4n) is 1.13. The number of aryl methyl sites for hydroxylation is 1. The molecule has 0 N–H and O–H groups in total. The Morgan fingerprint density at radius 3 is 2.77 bits per heavy atom. The second kappa shape index (κ2) is 3.90. The Kier molecular flexibility index (Phi) is 2.85. The molecule has 0 atom stereocenters. The van der Waals surface area contributed by atoms with E-state index >= 15 is 0 Å². The molecule has 0 spiro atoms. The molecule has 13 heavy (non-hydrogen) atoms. The Bertz CT molecular complexity index is 340. The Morgan fingerprint density at radius 1 is 1.54 bits per heavy atom.